The summed E-state index contributed by atoms with van der Waals surface area (Å²) in [5.41, 5.74) is 5.61. The minimum atomic E-state index is -0.162. The van der Waals surface area contributed by atoms with Crippen LogP contribution in [0.25, 0.3) is 0 Å². The van der Waals surface area contributed by atoms with Crippen LogP contribution in [0.5, 0.6) is 0 Å². The second-order valence-corrected chi connectivity index (χ2v) is 3.43. The van der Waals surface area contributed by atoms with Crippen LogP contribution in [-0.2, 0) is 0 Å². The van der Waals surface area contributed by atoms with E-state index in [4.69, 9.17) is 5.73 Å². The molecule has 11 heavy (non-hydrogen) atoms. The highest BCUT2D eigenvalue weighted by molar-refractivity contribution is 5.34. The molecule has 3 nitrogen and oxygen atoms in total. The molecular weight excluding hydrogens is 138 g/mol. The van der Waals surface area contributed by atoms with E-state index in [9.17, 15) is 0 Å². The second kappa shape index (κ2) is 2.96. The van der Waals surface area contributed by atoms with Crippen molar-refractivity contribution in [1.82, 2.24) is 4.98 Å². The van der Waals surface area contributed by atoms with Gasteiger partial charge in [0.1, 0.15) is 5.82 Å². The summed E-state index contributed by atoms with van der Waals surface area (Å²) in [5, 5.41) is 3.18. The number of hydrogen-bond acceptors (Lipinski definition) is 2. The van der Waals surface area contributed by atoms with Gasteiger partial charge < -0.3 is 16.0 Å². The average Bonchev–Trinajstić information content (AvgIpc) is 2.32. The van der Waals surface area contributed by atoms with E-state index in [0.29, 0.717) is 0 Å². The van der Waals surface area contributed by atoms with Crippen LogP contribution in [0, 0.1) is 0 Å². The van der Waals surface area contributed by atoms with Crippen molar-refractivity contribution in [3.8, 4) is 0 Å². The van der Waals surface area contributed by atoms with Crippen LogP contribution in [0.4, 0.5) is 5.82 Å². The third-order valence-electron chi connectivity index (χ3n) is 1.33. The fourth-order valence-corrected chi connectivity index (χ4v) is 0.763. The summed E-state index contributed by atoms with van der Waals surface area (Å²) >= 11 is 0. The van der Waals surface area contributed by atoms with Gasteiger partial charge in [0, 0.05) is 18.3 Å². The Morgan fingerprint density at radius 1 is 1.64 bits per heavy atom. The average molecular weight is 153 g/mol. The number of aromatic amines is 1. The topological polar surface area (TPSA) is 53.8 Å². The van der Waals surface area contributed by atoms with Gasteiger partial charge in [-0.1, -0.05) is 0 Å². The summed E-state index contributed by atoms with van der Waals surface area (Å²) < 4.78 is 0. The Morgan fingerprint density at radius 3 is 2.82 bits per heavy atom. The van der Waals surface area contributed by atoms with Crippen molar-refractivity contribution >= 4 is 5.82 Å². The van der Waals surface area contributed by atoms with Crippen LogP contribution < -0.4 is 11.1 Å². The zero-order valence-electron chi connectivity index (χ0n) is 7.02. The maximum atomic E-state index is 5.78. The third kappa shape index (κ3) is 3.09. The number of anilines is 1. The number of rotatable bonds is 3. The zero-order chi connectivity index (χ0) is 8.32. The first-order valence-electron chi connectivity index (χ1n) is 3.74. The highest BCUT2D eigenvalue weighted by Crippen LogP contribution is 2.03. The van der Waals surface area contributed by atoms with Gasteiger partial charge in [0.15, 0.2) is 0 Å². The van der Waals surface area contributed by atoms with Crippen LogP contribution in [0.2, 0.25) is 0 Å². The lowest BCUT2D eigenvalue weighted by Crippen LogP contribution is -2.39. The van der Waals surface area contributed by atoms with Gasteiger partial charge in [0.2, 0.25) is 0 Å². The maximum absolute atomic E-state index is 5.78. The van der Waals surface area contributed by atoms with E-state index >= 15 is 0 Å². The van der Waals surface area contributed by atoms with Crippen molar-refractivity contribution in [2.45, 2.75) is 19.4 Å². The summed E-state index contributed by atoms with van der Waals surface area (Å²) in [7, 11) is 0. The molecule has 1 heterocycles. The number of H-pyrrole nitrogens is 1. The zero-order valence-corrected chi connectivity index (χ0v) is 7.02. The van der Waals surface area contributed by atoms with Crippen molar-refractivity contribution in [1.29, 1.82) is 0 Å². The van der Waals surface area contributed by atoms with Crippen LogP contribution >= 0.6 is 0 Å². The quantitative estimate of drug-likeness (QED) is 0.610. The molecule has 0 atom stereocenters. The normalized spacial score (nSPS) is 11.5. The van der Waals surface area contributed by atoms with Crippen molar-refractivity contribution < 1.29 is 0 Å². The van der Waals surface area contributed by atoms with Crippen molar-refractivity contribution in [2.75, 3.05) is 11.9 Å². The van der Waals surface area contributed by atoms with Crippen molar-refractivity contribution in [2.24, 2.45) is 5.73 Å². The van der Waals surface area contributed by atoms with E-state index in [1.165, 1.54) is 0 Å². The summed E-state index contributed by atoms with van der Waals surface area (Å²) in [4.78, 5) is 3.04. The molecule has 0 spiro atoms. The number of nitrogens with two attached hydrogens (primary N) is 1. The largest absolute Gasteiger partial charge is 0.370 e. The Labute approximate surface area is 67.0 Å². The molecule has 0 aromatic carbocycles. The van der Waals surface area contributed by atoms with Gasteiger partial charge in [0.25, 0.3) is 0 Å². The molecule has 1 aromatic rings. The van der Waals surface area contributed by atoms with Crippen LogP contribution in [0.15, 0.2) is 18.3 Å². The Bertz CT molecular complexity index is 196. The number of hydrogen-bond donors (Lipinski definition) is 3. The van der Waals surface area contributed by atoms with E-state index in [-0.39, 0.29) is 5.54 Å². The van der Waals surface area contributed by atoms with Gasteiger partial charge in [-0.3, -0.25) is 0 Å². The Kier molecular flexibility index (Phi) is 2.19. The van der Waals surface area contributed by atoms with Crippen LogP contribution in [-0.4, -0.2) is 17.1 Å². The molecule has 0 unspecified atom stereocenters. The predicted octanol–water partition coefficient (Wildman–Crippen LogP) is 1.16. The first-order valence-corrected chi connectivity index (χ1v) is 3.74. The molecule has 0 saturated heterocycles. The van der Waals surface area contributed by atoms with Gasteiger partial charge in [0.05, 0.1) is 0 Å². The fraction of sp³-hybridized carbons (Fsp3) is 0.500. The number of aromatic nitrogens is 1. The molecule has 3 heteroatoms. The molecule has 0 saturated carbocycles. The van der Waals surface area contributed by atoms with Gasteiger partial charge >= 0.3 is 0 Å². The maximum Gasteiger partial charge on any atom is 0.103 e. The Hall–Kier alpha value is -0.960. The molecule has 0 aliphatic rings. The molecular formula is C8H15N3. The lowest BCUT2D eigenvalue weighted by atomic mass is 10.1. The monoisotopic (exact) mass is 153 g/mol. The second-order valence-electron chi connectivity index (χ2n) is 3.43. The molecule has 0 amide bonds. The summed E-state index contributed by atoms with van der Waals surface area (Å²) in [6.07, 6.45) is 1.88. The molecule has 0 bridgehead atoms. The molecule has 0 fully saturated rings. The van der Waals surface area contributed by atoms with Crippen LogP contribution in [0.1, 0.15) is 13.8 Å². The molecule has 0 aliphatic heterocycles. The van der Waals surface area contributed by atoms with Gasteiger partial charge in [-0.15, -0.1) is 0 Å². The summed E-state index contributed by atoms with van der Waals surface area (Å²) in [6.45, 7) is 4.75. The SMILES string of the molecule is CC(C)(N)CNc1ccc[nH]1. The van der Waals surface area contributed by atoms with E-state index in [2.05, 4.69) is 10.3 Å². The van der Waals surface area contributed by atoms with Gasteiger partial charge in [-0.05, 0) is 26.0 Å². The smallest absolute Gasteiger partial charge is 0.103 e. The molecule has 0 radical (unpaired) electrons. The molecule has 4 N–H and O–H groups in total. The third-order valence-corrected chi connectivity index (χ3v) is 1.33. The van der Waals surface area contributed by atoms with Crippen LogP contribution in [0.3, 0.4) is 0 Å². The van der Waals surface area contributed by atoms with Crippen molar-refractivity contribution in [3.05, 3.63) is 18.3 Å². The number of nitrogens with one attached hydrogen (secondary N) is 2. The summed E-state index contributed by atoms with van der Waals surface area (Å²) in [5.74, 6) is 1.02. The Morgan fingerprint density at radius 2 is 2.36 bits per heavy atom. The summed E-state index contributed by atoms with van der Waals surface area (Å²) in [6, 6.07) is 3.93. The molecule has 62 valence electrons. The molecule has 1 rings (SSSR count). The van der Waals surface area contributed by atoms with E-state index < -0.39 is 0 Å². The fourth-order valence-electron chi connectivity index (χ4n) is 0.763. The lowest BCUT2D eigenvalue weighted by Gasteiger charge is -2.18. The first kappa shape index (κ1) is 8.14. The van der Waals surface area contributed by atoms with Gasteiger partial charge in [-0.2, -0.15) is 0 Å². The first-order chi connectivity index (χ1) is 5.08. The van der Waals surface area contributed by atoms with Crippen molar-refractivity contribution in [3.63, 3.8) is 0 Å². The predicted molar refractivity (Wildman–Crippen MR) is 47.5 cm³/mol. The highest BCUT2D eigenvalue weighted by Gasteiger charge is 2.09. The lowest BCUT2D eigenvalue weighted by molar-refractivity contribution is 0.548. The van der Waals surface area contributed by atoms with E-state index in [1.54, 1.807) is 0 Å². The highest BCUT2D eigenvalue weighted by atomic mass is 15.0. The molecule has 0 aliphatic carbocycles. The van der Waals surface area contributed by atoms with E-state index in [0.717, 1.165) is 12.4 Å². The van der Waals surface area contributed by atoms with E-state index in [1.807, 2.05) is 32.2 Å². The Balaban J connectivity index is 2.35. The molecule has 1 aromatic heterocycles. The minimum absolute atomic E-state index is 0.162. The standard InChI is InChI=1S/C8H15N3/c1-8(2,9)6-11-7-4-3-5-10-7/h3-5,10-11H,6,9H2,1-2H3. The minimum Gasteiger partial charge on any atom is -0.370 e. The van der Waals surface area contributed by atoms with Gasteiger partial charge in [-0.25, -0.2) is 0 Å².